The van der Waals surface area contributed by atoms with E-state index in [1.165, 1.54) is 17.0 Å². The monoisotopic (exact) mass is 392 g/mol. The Morgan fingerprint density at radius 2 is 1.54 bits per heavy atom. The highest BCUT2D eigenvalue weighted by Gasteiger charge is 2.30. The van der Waals surface area contributed by atoms with Crippen LogP contribution in [0.4, 0.5) is 13.2 Å². The van der Waals surface area contributed by atoms with E-state index in [4.69, 9.17) is 0 Å². The van der Waals surface area contributed by atoms with Crippen molar-refractivity contribution in [3.8, 4) is 0 Å². The largest absolute Gasteiger partial charge is 0.416 e. The van der Waals surface area contributed by atoms with Crippen LogP contribution >= 0.6 is 0 Å². The van der Waals surface area contributed by atoms with Crippen LogP contribution in [0.25, 0.3) is 0 Å². The Bertz CT molecular complexity index is 803. The number of likely N-dealkylation sites (N-methyl/N-ethyl adjacent to an activating group) is 1. The Balaban J connectivity index is 2.08. The van der Waals surface area contributed by atoms with Crippen LogP contribution in [-0.2, 0) is 15.8 Å². The van der Waals surface area contributed by atoms with Crippen molar-refractivity contribution in [3.05, 3.63) is 71.3 Å². The fraction of sp³-hybridized carbons (Fsp3) is 0.333. The van der Waals surface area contributed by atoms with Crippen molar-refractivity contribution in [2.75, 3.05) is 14.1 Å². The van der Waals surface area contributed by atoms with E-state index >= 15 is 0 Å². The van der Waals surface area contributed by atoms with Gasteiger partial charge in [0.1, 0.15) is 6.04 Å². The SMILES string of the molecule is CC(CC(=O)NC(C(=O)N(C)C)c1ccccc1)c1ccc(C(F)(F)F)cc1. The van der Waals surface area contributed by atoms with Crippen molar-refractivity contribution in [3.63, 3.8) is 0 Å². The molecule has 2 aromatic rings. The van der Waals surface area contributed by atoms with Crippen molar-refractivity contribution >= 4 is 11.8 Å². The lowest BCUT2D eigenvalue weighted by molar-refractivity contribution is -0.137. The van der Waals surface area contributed by atoms with Crippen LogP contribution in [-0.4, -0.2) is 30.8 Å². The summed E-state index contributed by atoms with van der Waals surface area (Å²) in [7, 11) is 3.21. The van der Waals surface area contributed by atoms with Gasteiger partial charge < -0.3 is 10.2 Å². The average molecular weight is 392 g/mol. The van der Waals surface area contributed by atoms with Crippen LogP contribution in [0.5, 0.6) is 0 Å². The topological polar surface area (TPSA) is 49.4 Å². The van der Waals surface area contributed by atoms with Gasteiger partial charge in [0.2, 0.25) is 11.8 Å². The Hall–Kier alpha value is -2.83. The van der Waals surface area contributed by atoms with Gasteiger partial charge in [-0.3, -0.25) is 9.59 Å². The average Bonchev–Trinajstić information content (AvgIpc) is 2.65. The number of benzene rings is 2. The van der Waals surface area contributed by atoms with Crippen LogP contribution in [0.1, 0.15) is 42.0 Å². The second kappa shape index (κ2) is 8.91. The van der Waals surface area contributed by atoms with Crippen LogP contribution in [0.2, 0.25) is 0 Å². The quantitative estimate of drug-likeness (QED) is 0.803. The lowest BCUT2D eigenvalue weighted by atomic mass is 9.96. The molecule has 150 valence electrons. The first-order valence-corrected chi connectivity index (χ1v) is 8.82. The molecule has 0 spiro atoms. The van der Waals surface area contributed by atoms with Gasteiger partial charge in [0.05, 0.1) is 5.56 Å². The summed E-state index contributed by atoms with van der Waals surface area (Å²) >= 11 is 0. The molecule has 2 rings (SSSR count). The molecule has 0 fully saturated rings. The Morgan fingerprint density at radius 1 is 0.964 bits per heavy atom. The van der Waals surface area contributed by atoms with E-state index in [9.17, 15) is 22.8 Å². The van der Waals surface area contributed by atoms with Gasteiger partial charge in [-0.25, -0.2) is 0 Å². The molecule has 0 heterocycles. The molecule has 0 aliphatic heterocycles. The van der Waals surface area contributed by atoms with Gasteiger partial charge in [-0.15, -0.1) is 0 Å². The van der Waals surface area contributed by atoms with E-state index in [1.54, 1.807) is 45.3 Å². The molecule has 28 heavy (non-hydrogen) atoms. The van der Waals surface area contributed by atoms with E-state index in [0.29, 0.717) is 11.1 Å². The number of hydrogen-bond donors (Lipinski definition) is 1. The molecule has 2 amide bonds. The summed E-state index contributed by atoms with van der Waals surface area (Å²) in [5, 5.41) is 2.74. The minimum Gasteiger partial charge on any atom is -0.347 e. The fourth-order valence-corrected chi connectivity index (χ4v) is 2.81. The van der Waals surface area contributed by atoms with Crippen molar-refractivity contribution in [2.45, 2.75) is 31.5 Å². The number of nitrogens with one attached hydrogen (secondary N) is 1. The van der Waals surface area contributed by atoms with E-state index in [1.807, 2.05) is 6.07 Å². The zero-order valence-corrected chi connectivity index (χ0v) is 16.0. The molecule has 1 N–H and O–H groups in total. The highest BCUT2D eigenvalue weighted by atomic mass is 19.4. The molecule has 0 saturated heterocycles. The van der Waals surface area contributed by atoms with Crippen molar-refractivity contribution in [1.82, 2.24) is 10.2 Å². The first kappa shape index (κ1) is 21.5. The third-order valence-electron chi connectivity index (χ3n) is 4.42. The lowest BCUT2D eigenvalue weighted by Crippen LogP contribution is -2.40. The number of halogens is 3. The number of rotatable bonds is 6. The second-order valence-corrected chi connectivity index (χ2v) is 6.87. The highest BCUT2D eigenvalue weighted by molar-refractivity contribution is 5.88. The maximum absolute atomic E-state index is 12.7. The van der Waals surface area contributed by atoms with E-state index < -0.39 is 17.8 Å². The predicted octanol–water partition coefficient (Wildman–Crippen LogP) is 4.14. The van der Waals surface area contributed by atoms with Crippen LogP contribution < -0.4 is 5.32 Å². The predicted molar refractivity (Wildman–Crippen MR) is 100 cm³/mol. The molecule has 0 aromatic heterocycles. The molecule has 0 saturated carbocycles. The number of nitrogens with zero attached hydrogens (tertiary/aromatic N) is 1. The molecule has 0 aliphatic rings. The minimum absolute atomic E-state index is 0.0510. The Morgan fingerprint density at radius 3 is 2.04 bits per heavy atom. The normalized spacial score (nSPS) is 13.5. The number of amides is 2. The zero-order chi connectivity index (χ0) is 20.9. The Kier molecular flexibility index (Phi) is 6.83. The molecule has 0 aliphatic carbocycles. The smallest absolute Gasteiger partial charge is 0.347 e. The van der Waals surface area contributed by atoms with E-state index in [0.717, 1.165) is 12.1 Å². The van der Waals surface area contributed by atoms with E-state index in [2.05, 4.69) is 5.32 Å². The maximum Gasteiger partial charge on any atom is 0.416 e. The molecule has 0 bridgehead atoms. The maximum atomic E-state index is 12.7. The number of alkyl halides is 3. The van der Waals surface area contributed by atoms with Gasteiger partial charge in [-0.1, -0.05) is 49.4 Å². The minimum atomic E-state index is -4.39. The fourth-order valence-electron chi connectivity index (χ4n) is 2.81. The van der Waals surface area contributed by atoms with Crippen LogP contribution in [0, 0.1) is 0 Å². The summed E-state index contributed by atoms with van der Waals surface area (Å²) in [6.07, 6.45) is -4.34. The zero-order valence-electron chi connectivity index (χ0n) is 16.0. The van der Waals surface area contributed by atoms with Gasteiger partial charge in [0.25, 0.3) is 0 Å². The molecule has 2 aromatic carbocycles. The van der Waals surface area contributed by atoms with Crippen molar-refractivity contribution in [1.29, 1.82) is 0 Å². The number of hydrogen-bond acceptors (Lipinski definition) is 2. The van der Waals surface area contributed by atoms with Gasteiger partial charge in [-0.05, 0) is 29.2 Å². The van der Waals surface area contributed by atoms with Gasteiger partial charge in [0, 0.05) is 20.5 Å². The van der Waals surface area contributed by atoms with Gasteiger partial charge >= 0.3 is 6.18 Å². The molecule has 2 atom stereocenters. The third-order valence-corrected chi connectivity index (χ3v) is 4.42. The third kappa shape index (κ3) is 5.58. The number of carbonyl (C=O) groups is 2. The van der Waals surface area contributed by atoms with E-state index in [-0.39, 0.29) is 24.2 Å². The van der Waals surface area contributed by atoms with Crippen molar-refractivity contribution in [2.24, 2.45) is 0 Å². The first-order valence-electron chi connectivity index (χ1n) is 8.82. The summed E-state index contributed by atoms with van der Waals surface area (Å²) < 4.78 is 38.0. The molecule has 4 nitrogen and oxygen atoms in total. The molecule has 2 unspecified atom stereocenters. The van der Waals surface area contributed by atoms with Gasteiger partial charge in [0.15, 0.2) is 0 Å². The summed E-state index contributed by atoms with van der Waals surface area (Å²) in [5.41, 5.74) is 0.559. The summed E-state index contributed by atoms with van der Waals surface area (Å²) in [6.45, 7) is 1.76. The van der Waals surface area contributed by atoms with Crippen LogP contribution in [0.15, 0.2) is 54.6 Å². The lowest BCUT2D eigenvalue weighted by Gasteiger charge is -2.23. The number of carbonyl (C=O) groups excluding carboxylic acids is 2. The summed E-state index contributed by atoms with van der Waals surface area (Å²) in [5.74, 6) is -0.911. The first-order chi connectivity index (χ1) is 13.1. The van der Waals surface area contributed by atoms with Gasteiger partial charge in [-0.2, -0.15) is 13.2 Å². The van der Waals surface area contributed by atoms with Crippen LogP contribution in [0.3, 0.4) is 0 Å². The summed E-state index contributed by atoms with van der Waals surface area (Å²) in [4.78, 5) is 26.4. The standard InChI is InChI=1S/C21H23F3N2O2/c1-14(15-9-11-17(12-10-15)21(22,23)24)13-18(27)25-19(20(28)26(2)3)16-7-5-4-6-8-16/h4-12,14,19H,13H2,1-3H3,(H,25,27). The Labute approximate surface area is 162 Å². The highest BCUT2D eigenvalue weighted by Crippen LogP contribution is 2.30. The summed E-state index contributed by atoms with van der Waals surface area (Å²) in [6, 6.07) is 12.8. The molecular weight excluding hydrogens is 369 g/mol. The molecule has 7 heteroatoms. The molecular formula is C21H23F3N2O2. The molecule has 0 radical (unpaired) electrons. The van der Waals surface area contributed by atoms with Crippen molar-refractivity contribution < 1.29 is 22.8 Å². The second-order valence-electron chi connectivity index (χ2n) is 6.87.